The van der Waals surface area contributed by atoms with Crippen molar-refractivity contribution >= 4 is 58.2 Å². The molecule has 2 heterocycles. The van der Waals surface area contributed by atoms with E-state index in [0.717, 1.165) is 46.0 Å². The van der Waals surface area contributed by atoms with Gasteiger partial charge >= 0.3 is 0 Å². The SMILES string of the molecule is CCc1ccc(N2C(=O)[C@H]3[C@H](CC=C4[C@H]3C[C@@]3(Cl)C(=O)N(c5ccc(F)cc5)C(=O)[C@@]3(Cl)[C@H]4c3ccc(O)c(F)c3)C2=O)cc1. The monoisotopic (exact) mass is 650 g/mol. The first-order valence-corrected chi connectivity index (χ1v) is 15.4. The molecule has 230 valence electrons. The number of allylic oxidation sites excluding steroid dienone is 2. The minimum Gasteiger partial charge on any atom is -0.505 e. The van der Waals surface area contributed by atoms with E-state index in [2.05, 4.69) is 0 Å². The van der Waals surface area contributed by atoms with Crippen LogP contribution in [0.15, 0.2) is 78.4 Å². The third-order valence-corrected chi connectivity index (χ3v) is 11.2. The molecule has 7 nitrogen and oxygen atoms in total. The summed E-state index contributed by atoms with van der Waals surface area (Å²) >= 11 is 14.5. The third kappa shape index (κ3) is 3.99. The average Bonchev–Trinajstić information content (AvgIpc) is 3.37. The maximum atomic E-state index is 14.8. The van der Waals surface area contributed by atoms with E-state index in [1.165, 1.54) is 18.2 Å². The lowest BCUT2D eigenvalue weighted by atomic mass is 9.56. The number of hydrogen-bond acceptors (Lipinski definition) is 5. The quantitative estimate of drug-likeness (QED) is 0.212. The zero-order valence-corrected chi connectivity index (χ0v) is 25.4. The number of anilines is 2. The minimum absolute atomic E-state index is 0.0418. The summed E-state index contributed by atoms with van der Waals surface area (Å²) in [5.41, 5.74) is 2.14. The van der Waals surface area contributed by atoms with E-state index in [0.29, 0.717) is 11.3 Å². The van der Waals surface area contributed by atoms with Crippen LogP contribution in [0, 0.1) is 29.4 Å². The predicted molar refractivity (Wildman–Crippen MR) is 163 cm³/mol. The van der Waals surface area contributed by atoms with Gasteiger partial charge in [-0.3, -0.25) is 24.1 Å². The van der Waals surface area contributed by atoms with Gasteiger partial charge in [0.25, 0.3) is 11.8 Å². The van der Waals surface area contributed by atoms with Gasteiger partial charge in [0.2, 0.25) is 11.8 Å². The van der Waals surface area contributed by atoms with Crippen LogP contribution in [0.3, 0.4) is 0 Å². The topological polar surface area (TPSA) is 95.0 Å². The Bertz CT molecular complexity index is 1830. The molecule has 2 aliphatic heterocycles. The number of amides is 4. The van der Waals surface area contributed by atoms with Gasteiger partial charge in [-0.2, -0.15) is 0 Å². The van der Waals surface area contributed by atoms with Crippen LogP contribution in [-0.2, 0) is 25.6 Å². The van der Waals surface area contributed by atoms with E-state index in [-0.39, 0.29) is 30.0 Å². The molecule has 3 aromatic carbocycles. The molecule has 45 heavy (non-hydrogen) atoms. The van der Waals surface area contributed by atoms with E-state index < -0.39 is 68.5 Å². The fourth-order valence-electron chi connectivity index (χ4n) is 7.61. The van der Waals surface area contributed by atoms with Gasteiger partial charge in [0, 0.05) is 5.92 Å². The highest BCUT2D eigenvalue weighted by molar-refractivity contribution is 6.58. The molecule has 2 saturated heterocycles. The molecule has 11 heteroatoms. The van der Waals surface area contributed by atoms with Crippen molar-refractivity contribution < 1.29 is 33.1 Å². The molecule has 7 rings (SSSR count). The standard InChI is InChI=1S/C34H26Cl2F2N2O5/c1-2-17-3-8-20(9-4-17)39-29(42)23-13-12-22-24(27(23)30(39)43)16-33(35)31(44)40(21-10-6-19(37)7-11-21)32(45)34(33,36)28(22)18-5-14-26(41)25(38)15-18/h3-12,14-15,23-24,27-28,41H,2,13,16H2,1H3/t23-,24+,27-,28-,33+,34-/m0/s1. The molecule has 0 bridgehead atoms. The third-order valence-electron chi connectivity index (χ3n) is 9.80. The van der Waals surface area contributed by atoms with Crippen molar-refractivity contribution in [1.82, 2.24) is 0 Å². The van der Waals surface area contributed by atoms with Crippen molar-refractivity contribution in [3.63, 3.8) is 0 Å². The Morgan fingerprint density at radius 2 is 1.49 bits per heavy atom. The highest BCUT2D eigenvalue weighted by Gasteiger charge is 2.76. The summed E-state index contributed by atoms with van der Waals surface area (Å²) < 4.78 is 28.6. The number of carbonyl (C=O) groups excluding carboxylic acids is 4. The van der Waals surface area contributed by atoms with Crippen molar-refractivity contribution in [3.8, 4) is 5.75 Å². The lowest BCUT2D eigenvalue weighted by molar-refractivity contribution is -0.125. The van der Waals surface area contributed by atoms with Gasteiger partial charge in [-0.1, -0.05) is 36.8 Å². The van der Waals surface area contributed by atoms with Gasteiger partial charge in [0.05, 0.1) is 23.2 Å². The number of nitrogens with zero attached hydrogens (tertiary/aromatic N) is 2. The smallest absolute Gasteiger partial charge is 0.258 e. The molecular weight excluding hydrogens is 625 g/mol. The van der Waals surface area contributed by atoms with E-state index in [1.54, 1.807) is 18.2 Å². The van der Waals surface area contributed by atoms with Gasteiger partial charge in [-0.15, -0.1) is 23.2 Å². The Kier molecular flexibility index (Phi) is 6.73. The van der Waals surface area contributed by atoms with Crippen molar-refractivity contribution in [1.29, 1.82) is 0 Å². The Morgan fingerprint density at radius 3 is 2.13 bits per heavy atom. The first kappa shape index (κ1) is 29.6. The molecule has 0 aromatic heterocycles. The summed E-state index contributed by atoms with van der Waals surface area (Å²) in [6, 6.07) is 15.3. The van der Waals surface area contributed by atoms with E-state index in [1.807, 2.05) is 19.1 Å². The summed E-state index contributed by atoms with van der Waals surface area (Å²) in [5.74, 6) is -8.50. The van der Waals surface area contributed by atoms with Crippen molar-refractivity contribution in [2.45, 2.75) is 41.9 Å². The fourth-order valence-corrected chi connectivity index (χ4v) is 8.55. The van der Waals surface area contributed by atoms with Gasteiger partial charge in [0.1, 0.15) is 5.82 Å². The van der Waals surface area contributed by atoms with Crippen LogP contribution in [0.4, 0.5) is 20.2 Å². The second-order valence-corrected chi connectivity index (χ2v) is 13.2. The van der Waals surface area contributed by atoms with Crippen LogP contribution in [-0.4, -0.2) is 38.5 Å². The molecule has 6 atom stereocenters. The molecule has 0 radical (unpaired) electrons. The number of phenolic OH excluding ortho intramolecular Hbond substituents is 1. The Balaban J connectivity index is 1.38. The molecule has 1 N–H and O–H groups in total. The van der Waals surface area contributed by atoms with Crippen LogP contribution in [0.5, 0.6) is 5.75 Å². The number of aryl methyl sites for hydroxylation is 1. The number of aromatic hydroxyl groups is 1. The highest BCUT2D eigenvalue weighted by Crippen LogP contribution is 2.66. The number of carbonyl (C=O) groups is 4. The molecule has 4 aliphatic rings. The Labute approximate surface area is 267 Å². The number of hydrogen-bond donors (Lipinski definition) is 1. The van der Waals surface area contributed by atoms with Gasteiger partial charge in [-0.05, 0) is 84.8 Å². The molecular formula is C34H26Cl2F2N2O5. The van der Waals surface area contributed by atoms with Crippen molar-refractivity contribution in [3.05, 3.63) is 101 Å². The lowest BCUT2D eigenvalue weighted by Gasteiger charge is -2.50. The van der Waals surface area contributed by atoms with Gasteiger partial charge < -0.3 is 5.11 Å². The maximum Gasteiger partial charge on any atom is 0.258 e. The number of imide groups is 2. The van der Waals surface area contributed by atoms with Crippen LogP contribution < -0.4 is 9.80 Å². The lowest BCUT2D eigenvalue weighted by Crippen LogP contribution is -2.60. The minimum atomic E-state index is -2.19. The number of fused-ring (bicyclic) bond motifs is 4. The molecule has 3 aromatic rings. The summed E-state index contributed by atoms with van der Waals surface area (Å²) in [6.45, 7) is 1.99. The van der Waals surface area contributed by atoms with Crippen LogP contribution in [0.25, 0.3) is 0 Å². The summed E-state index contributed by atoms with van der Waals surface area (Å²) in [7, 11) is 0. The highest BCUT2D eigenvalue weighted by atomic mass is 35.5. The van der Waals surface area contributed by atoms with Crippen LogP contribution in [0.1, 0.15) is 36.8 Å². The summed E-state index contributed by atoms with van der Waals surface area (Å²) in [5, 5.41) is 9.95. The second kappa shape index (κ2) is 10.2. The van der Waals surface area contributed by atoms with E-state index in [4.69, 9.17) is 23.2 Å². The Morgan fingerprint density at radius 1 is 0.844 bits per heavy atom. The molecule has 4 amide bonds. The summed E-state index contributed by atoms with van der Waals surface area (Å²) in [4.78, 5) is 54.1. The molecule has 3 fully saturated rings. The number of halogens is 4. The predicted octanol–water partition coefficient (Wildman–Crippen LogP) is 6.00. The first-order valence-electron chi connectivity index (χ1n) is 14.6. The van der Waals surface area contributed by atoms with E-state index in [9.17, 15) is 33.1 Å². The van der Waals surface area contributed by atoms with Crippen LogP contribution >= 0.6 is 23.2 Å². The normalized spacial score (nSPS) is 30.7. The molecule has 1 saturated carbocycles. The van der Waals surface area contributed by atoms with Gasteiger partial charge in [-0.25, -0.2) is 13.7 Å². The summed E-state index contributed by atoms with van der Waals surface area (Å²) in [6.07, 6.45) is 2.41. The van der Waals surface area contributed by atoms with Crippen LogP contribution in [0.2, 0.25) is 0 Å². The average molecular weight is 651 g/mol. The Hall–Kier alpha value is -4.08. The zero-order valence-electron chi connectivity index (χ0n) is 23.8. The first-order chi connectivity index (χ1) is 21.4. The number of benzene rings is 3. The second-order valence-electron chi connectivity index (χ2n) is 12.0. The van der Waals surface area contributed by atoms with Crippen molar-refractivity contribution in [2.24, 2.45) is 17.8 Å². The number of phenols is 1. The van der Waals surface area contributed by atoms with Gasteiger partial charge in [0.15, 0.2) is 21.3 Å². The zero-order chi connectivity index (χ0) is 32.0. The largest absolute Gasteiger partial charge is 0.505 e. The van der Waals surface area contributed by atoms with E-state index >= 15 is 0 Å². The fraction of sp³-hybridized carbons (Fsp3) is 0.294. The maximum absolute atomic E-state index is 14.8. The molecule has 0 unspecified atom stereocenters. The molecule has 2 aliphatic carbocycles. The number of rotatable bonds is 4. The van der Waals surface area contributed by atoms with Crippen molar-refractivity contribution in [2.75, 3.05) is 9.80 Å². The molecule has 0 spiro atoms. The number of alkyl halides is 2.